The van der Waals surface area contributed by atoms with Crippen LogP contribution in [0.2, 0.25) is 0 Å². The number of hydrogen-bond acceptors (Lipinski definition) is 2. The average Bonchev–Trinajstić information content (AvgIpc) is 2.07. The minimum atomic E-state index is -1.10. The number of carbonyl (C=O) groups is 1. The van der Waals surface area contributed by atoms with E-state index in [1.807, 2.05) is 29.5 Å². The summed E-state index contributed by atoms with van der Waals surface area (Å²) in [5.41, 5.74) is 0.822. The Morgan fingerprint density at radius 1 is 1.38 bits per heavy atom. The first kappa shape index (κ1) is 11.0. The Morgan fingerprint density at radius 2 is 1.92 bits per heavy atom. The molecule has 0 bridgehead atoms. The van der Waals surface area contributed by atoms with Crippen molar-refractivity contribution in [2.45, 2.75) is 6.92 Å². The fourth-order valence-corrected chi connectivity index (χ4v) is 2.03. The first-order valence-corrected chi connectivity index (χ1v) is 5.51. The fraction of sp³-hybridized carbons (Fsp3) is 0.125. The molecule has 0 spiro atoms. The van der Waals surface area contributed by atoms with Crippen molar-refractivity contribution in [2.24, 2.45) is 0 Å². The van der Waals surface area contributed by atoms with E-state index < -0.39 is 5.97 Å². The van der Waals surface area contributed by atoms with Crippen LogP contribution in [-0.4, -0.2) is 16.2 Å². The van der Waals surface area contributed by atoms with Crippen LogP contribution in [-0.2, 0) is 0 Å². The molecule has 0 aromatic heterocycles. The third-order valence-electron chi connectivity index (χ3n) is 1.59. The van der Waals surface area contributed by atoms with Crippen LogP contribution in [0.1, 0.15) is 15.9 Å². The quantitative estimate of drug-likeness (QED) is 0.709. The van der Waals surface area contributed by atoms with Gasteiger partial charge in [-0.05, 0) is 63.7 Å². The third-order valence-corrected chi connectivity index (χ3v) is 5.07. The Balaban J connectivity index is 3.50. The second-order valence-corrected chi connectivity index (χ2v) is 4.68. The minimum absolute atomic E-state index is 0.0395. The number of aromatic carboxylic acids is 1. The summed E-state index contributed by atoms with van der Waals surface area (Å²) >= 11 is 4.01. The zero-order chi connectivity index (χ0) is 10.2. The van der Waals surface area contributed by atoms with Crippen molar-refractivity contribution in [3.63, 3.8) is 0 Å². The second kappa shape index (κ2) is 3.99. The van der Waals surface area contributed by atoms with Gasteiger partial charge in [-0.2, -0.15) is 0 Å². The molecule has 13 heavy (non-hydrogen) atoms. The van der Waals surface area contributed by atoms with Gasteiger partial charge in [-0.1, -0.05) is 0 Å². The second-order valence-electron chi connectivity index (χ2n) is 2.52. The first-order valence-electron chi connectivity index (χ1n) is 3.36. The van der Waals surface area contributed by atoms with Crippen LogP contribution in [0.15, 0.2) is 6.07 Å². The molecule has 1 aromatic carbocycles. The zero-order valence-electron chi connectivity index (χ0n) is 6.64. The van der Waals surface area contributed by atoms with Crippen molar-refractivity contribution in [1.82, 2.24) is 0 Å². The van der Waals surface area contributed by atoms with E-state index in [0.29, 0.717) is 3.57 Å². The molecule has 3 nitrogen and oxygen atoms in total. The largest absolute Gasteiger partial charge is 0.506 e. The predicted molar refractivity (Wildman–Crippen MR) is 65.2 cm³/mol. The van der Waals surface area contributed by atoms with Crippen LogP contribution in [0.3, 0.4) is 0 Å². The molecule has 5 heteroatoms. The summed E-state index contributed by atoms with van der Waals surface area (Å²) in [6.45, 7) is 1.82. The van der Waals surface area contributed by atoms with Crippen LogP contribution in [0, 0.1) is 14.1 Å². The Kier molecular flexibility index (Phi) is 3.38. The van der Waals surface area contributed by atoms with Crippen molar-refractivity contribution < 1.29 is 15.0 Å². The molecule has 0 amide bonds. The molecule has 0 heterocycles. The Bertz CT molecular complexity index is 374. The third kappa shape index (κ3) is 2.06. The van der Waals surface area contributed by atoms with E-state index in [1.165, 1.54) is 6.07 Å². The standard InChI is InChI=1S/C8H6I2O3/c1-3-2-4(8(12)13)7(11)6(10)5(3)9/h2,11H,1H3,(H,12,13). The van der Waals surface area contributed by atoms with E-state index in [-0.39, 0.29) is 11.3 Å². The summed E-state index contributed by atoms with van der Waals surface area (Å²) in [6, 6.07) is 1.47. The van der Waals surface area contributed by atoms with Crippen LogP contribution in [0.25, 0.3) is 0 Å². The van der Waals surface area contributed by atoms with Crippen LogP contribution < -0.4 is 0 Å². The molecule has 0 aliphatic heterocycles. The number of benzene rings is 1. The van der Waals surface area contributed by atoms with Gasteiger partial charge in [0.2, 0.25) is 0 Å². The van der Waals surface area contributed by atoms with Crippen molar-refractivity contribution in [2.75, 3.05) is 0 Å². The van der Waals surface area contributed by atoms with Gasteiger partial charge in [0, 0.05) is 3.57 Å². The molecule has 1 rings (SSSR count). The van der Waals surface area contributed by atoms with E-state index in [1.54, 1.807) is 0 Å². The minimum Gasteiger partial charge on any atom is -0.506 e. The van der Waals surface area contributed by atoms with Gasteiger partial charge in [0.1, 0.15) is 11.3 Å². The molecular weight excluding hydrogens is 398 g/mol. The smallest absolute Gasteiger partial charge is 0.339 e. The van der Waals surface area contributed by atoms with Crippen molar-refractivity contribution in [3.8, 4) is 5.75 Å². The van der Waals surface area contributed by atoms with Crippen molar-refractivity contribution in [3.05, 3.63) is 24.3 Å². The van der Waals surface area contributed by atoms with Gasteiger partial charge in [0.25, 0.3) is 0 Å². The molecule has 0 atom stereocenters. The SMILES string of the molecule is Cc1cc(C(=O)O)c(O)c(I)c1I. The molecule has 0 radical (unpaired) electrons. The van der Waals surface area contributed by atoms with E-state index >= 15 is 0 Å². The average molecular weight is 404 g/mol. The fourth-order valence-electron chi connectivity index (χ4n) is 0.907. The molecule has 2 N–H and O–H groups in total. The summed E-state index contributed by atoms with van der Waals surface area (Å²) < 4.78 is 1.48. The summed E-state index contributed by atoms with van der Waals surface area (Å²) in [7, 11) is 0. The molecular formula is C8H6I2O3. The molecule has 0 aliphatic carbocycles. The highest BCUT2D eigenvalue weighted by atomic mass is 127. The Labute approximate surface area is 102 Å². The van der Waals surface area contributed by atoms with Gasteiger partial charge in [-0.3, -0.25) is 0 Å². The number of phenols is 1. The van der Waals surface area contributed by atoms with Gasteiger partial charge in [0.15, 0.2) is 0 Å². The highest BCUT2D eigenvalue weighted by Crippen LogP contribution is 2.31. The number of hydrogen-bond donors (Lipinski definition) is 2. The molecule has 70 valence electrons. The number of carboxylic acid groups (broad SMARTS) is 1. The van der Waals surface area contributed by atoms with Gasteiger partial charge < -0.3 is 10.2 Å². The van der Waals surface area contributed by atoms with Crippen LogP contribution >= 0.6 is 45.2 Å². The van der Waals surface area contributed by atoms with E-state index in [4.69, 9.17) is 5.11 Å². The summed E-state index contributed by atoms with van der Waals surface area (Å²) in [5, 5.41) is 18.2. The summed E-state index contributed by atoms with van der Waals surface area (Å²) in [6.07, 6.45) is 0. The maximum Gasteiger partial charge on any atom is 0.339 e. The Morgan fingerprint density at radius 3 is 2.38 bits per heavy atom. The van der Waals surface area contributed by atoms with E-state index in [0.717, 1.165) is 9.13 Å². The summed E-state index contributed by atoms with van der Waals surface area (Å²) in [4.78, 5) is 10.7. The molecule has 0 saturated heterocycles. The lowest BCUT2D eigenvalue weighted by Gasteiger charge is -2.06. The lowest BCUT2D eigenvalue weighted by atomic mass is 10.1. The van der Waals surface area contributed by atoms with Gasteiger partial charge in [-0.15, -0.1) is 0 Å². The highest BCUT2D eigenvalue weighted by molar-refractivity contribution is 14.1. The number of aryl methyl sites for hydroxylation is 1. The number of aromatic hydroxyl groups is 1. The van der Waals surface area contributed by atoms with Crippen LogP contribution in [0.5, 0.6) is 5.75 Å². The molecule has 0 saturated carbocycles. The lowest BCUT2D eigenvalue weighted by Crippen LogP contribution is -2.00. The van der Waals surface area contributed by atoms with Gasteiger partial charge in [0.05, 0.1) is 3.57 Å². The maximum absolute atomic E-state index is 10.7. The monoisotopic (exact) mass is 404 g/mol. The van der Waals surface area contributed by atoms with E-state index in [2.05, 4.69) is 22.6 Å². The van der Waals surface area contributed by atoms with Gasteiger partial charge in [-0.25, -0.2) is 4.79 Å². The van der Waals surface area contributed by atoms with Crippen molar-refractivity contribution in [1.29, 1.82) is 0 Å². The van der Waals surface area contributed by atoms with Crippen LogP contribution in [0.4, 0.5) is 0 Å². The summed E-state index contributed by atoms with van der Waals surface area (Å²) in [5.74, 6) is -1.25. The molecule has 0 unspecified atom stereocenters. The normalized spacial score (nSPS) is 10.1. The molecule has 0 fully saturated rings. The topological polar surface area (TPSA) is 57.5 Å². The van der Waals surface area contributed by atoms with Crippen molar-refractivity contribution >= 4 is 51.2 Å². The van der Waals surface area contributed by atoms with E-state index in [9.17, 15) is 9.90 Å². The molecule has 0 aliphatic rings. The predicted octanol–water partition coefficient (Wildman–Crippen LogP) is 2.61. The first-order chi connectivity index (χ1) is 5.95. The van der Waals surface area contributed by atoms with Gasteiger partial charge >= 0.3 is 5.97 Å². The zero-order valence-corrected chi connectivity index (χ0v) is 11.0. The molecule has 1 aromatic rings. The number of rotatable bonds is 1. The number of halogens is 2. The maximum atomic E-state index is 10.7. The Hall–Kier alpha value is -0.0500. The highest BCUT2D eigenvalue weighted by Gasteiger charge is 2.16. The number of carboxylic acids is 1. The lowest BCUT2D eigenvalue weighted by molar-refractivity contribution is 0.0693.